The minimum absolute atomic E-state index is 0.158. The first kappa shape index (κ1) is 27.0. The second-order valence-electron chi connectivity index (χ2n) is 10.5. The highest BCUT2D eigenvalue weighted by Crippen LogP contribution is 2.36. The third-order valence-corrected chi connectivity index (χ3v) is 6.65. The molecule has 0 amide bonds. The molecule has 0 aromatic heterocycles. The molecular weight excluding hydrogens is 434 g/mol. The Labute approximate surface area is 219 Å². The summed E-state index contributed by atoms with van der Waals surface area (Å²) in [5.41, 5.74) is 8.93. The SMILES string of the molecule is C=Cc1ccccc1.CCC(C)c1ccc(N(c2ccc(C)cc2)c2ccc(C(C)(C)C)cc2)cc1. The standard InChI is InChI=1S/C27H33N.C8H8/c1-7-21(3)22-10-16-25(17-11-22)28(24-14-8-20(2)9-15-24)26-18-12-23(13-19-26)27(4,5)6;1-2-8-6-4-3-5-7-8/h8-19,21H,7H2,1-6H3;2-7H,1H2. The molecule has 0 heterocycles. The van der Waals surface area contributed by atoms with Crippen LogP contribution in [0.25, 0.3) is 6.08 Å². The molecule has 0 radical (unpaired) electrons. The summed E-state index contributed by atoms with van der Waals surface area (Å²) in [6, 6.07) is 36.8. The second-order valence-corrected chi connectivity index (χ2v) is 10.5. The Morgan fingerprint density at radius 2 is 1.19 bits per heavy atom. The van der Waals surface area contributed by atoms with Crippen LogP contribution in [0.2, 0.25) is 0 Å². The van der Waals surface area contributed by atoms with E-state index < -0.39 is 0 Å². The highest BCUT2D eigenvalue weighted by atomic mass is 15.1. The van der Waals surface area contributed by atoms with Crippen LogP contribution in [0.5, 0.6) is 0 Å². The Hall–Kier alpha value is -3.58. The lowest BCUT2D eigenvalue weighted by molar-refractivity contribution is 0.590. The zero-order valence-corrected chi connectivity index (χ0v) is 22.8. The second kappa shape index (κ2) is 12.4. The molecule has 0 spiro atoms. The van der Waals surface area contributed by atoms with Crippen molar-refractivity contribution in [2.45, 2.75) is 59.3 Å². The Balaban J connectivity index is 0.000000383. The maximum absolute atomic E-state index is 3.63. The normalized spacial score (nSPS) is 11.7. The maximum atomic E-state index is 3.63. The molecule has 0 saturated heterocycles. The van der Waals surface area contributed by atoms with E-state index in [1.54, 1.807) is 0 Å². The molecule has 0 saturated carbocycles. The Kier molecular flexibility index (Phi) is 9.31. The quantitative estimate of drug-likeness (QED) is 0.268. The maximum Gasteiger partial charge on any atom is 0.0461 e. The van der Waals surface area contributed by atoms with E-state index in [2.05, 4.69) is 126 Å². The van der Waals surface area contributed by atoms with Gasteiger partial charge in [-0.15, -0.1) is 0 Å². The van der Waals surface area contributed by atoms with E-state index in [1.165, 1.54) is 39.3 Å². The predicted octanol–water partition coefficient (Wildman–Crippen LogP) is 10.6. The van der Waals surface area contributed by atoms with Gasteiger partial charge in [0.15, 0.2) is 0 Å². The van der Waals surface area contributed by atoms with E-state index in [4.69, 9.17) is 0 Å². The summed E-state index contributed by atoms with van der Waals surface area (Å²) >= 11 is 0. The summed E-state index contributed by atoms with van der Waals surface area (Å²) in [7, 11) is 0. The third-order valence-electron chi connectivity index (χ3n) is 6.65. The molecule has 0 bridgehead atoms. The smallest absolute Gasteiger partial charge is 0.0461 e. The molecule has 36 heavy (non-hydrogen) atoms. The fourth-order valence-electron chi connectivity index (χ4n) is 4.03. The van der Waals surface area contributed by atoms with Crippen molar-refractivity contribution in [1.82, 2.24) is 0 Å². The van der Waals surface area contributed by atoms with E-state index in [9.17, 15) is 0 Å². The molecule has 4 rings (SSSR count). The molecule has 1 atom stereocenters. The van der Waals surface area contributed by atoms with Gasteiger partial charge >= 0.3 is 0 Å². The monoisotopic (exact) mass is 475 g/mol. The average Bonchev–Trinajstić information content (AvgIpc) is 2.90. The summed E-state index contributed by atoms with van der Waals surface area (Å²) in [6.07, 6.45) is 3.00. The predicted molar refractivity (Wildman–Crippen MR) is 160 cm³/mol. The lowest BCUT2D eigenvalue weighted by Crippen LogP contribution is -2.13. The van der Waals surface area contributed by atoms with Crippen molar-refractivity contribution in [1.29, 1.82) is 0 Å². The topological polar surface area (TPSA) is 3.24 Å². The first-order valence-corrected chi connectivity index (χ1v) is 13.0. The lowest BCUT2D eigenvalue weighted by Gasteiger charge is -2.27. The molecule has 4 aromatic carbocycles. The fourth-order valence-corrected chi connectivity index (χ4v) is 4.03. The van der Waals surface area contributed by atoms with Gasteiger partial charge in [0, 0.05) is 17.1 Å². The van der Waals surface area contributed by atoms with Gasteiger partial charge in [-0.25, -0.2) is 0 Å². The van der Waals surface area contributed by atoms with Gasteiger partial charge in [0.25, 0.3) is 0 Å². The number of nitrogens with zero attached hydrogens (tertiary/aromatic N) is 1. The van der Waals surface area contributed by atoms with Crippen molar-refractivity contribution in [2.75, 3.05) is 4.90 Å². The fraction of sp³-hybridized carbons (Fsp3) is 0.257. The van der Waals surface area contributed by atoms with Crippen LogP contribution in [0.15, 0.2) is 110 Å². The lowest BCUT2D eigenvalue weighted by atomic mass is 9.87. The Bertz CT molecular complexity index is 1200. The largest absolute Gasteiger partial charge is 0.311 e. The molecule has 0 aliphatic heterocycles. The minimum atomic E-state index is 0.158. The van der Waals surface area contributed by atoms with E-state index in [-0.39, 0.29) is 5.41 Å². The zero-order chi connectivity index (χ0) is 26.1. The molecule has 1 nitrogen and oxygen atoms in total. The number of rotatable bonds is 6. The van der Waals surface area contributed by atoms with Crippen LogP contribution in [0, 0.1) is 6.92 Å². The van der Waals surface area contributed by atoms with Crippen LogP contribution in [0.1, 0.15) is 69.2 Å². The van der Waals surface area contributed by atoms with Crippen LogP contribution in [0.3, 0.4) is 0 Å². The van der Waals surface area contributed by atoms with Gasteiger partial charge in [-0.2, -0.15) is 0 Å². The Morgan fingerprint density at radius 3 is 1.61 bits per heavy atom. The van der Waals surface area contributed by atoms with Crippen molar-refractivity contribution in [2.24, 2.45) is 0 Å². The Morgan fingerprint density at radius 1 is 0.722 bits per heavy atom. The van der Waals surface area contributed by atoms with Gasteiger partial charge in [0.05, 0.1) is 0 Å². The summed E-state index contributed by atoms with van der Waals surface area (Å²) in [4.78, 5) is 2.34. The van der Waals surface area contributed by atoms with Gasteiger partial charge in [0.2, 0.25) is 0 Å². The average molecular weight is 476 g/mol. The van der Waals surface area contributed by atoms with E-state index in [0.29, 0.717) is 5.92 Å². The molecule has 0 N–H and O–H groups in total. The first-order valence-electron chi connectivity index (χ1n) is 13.0. The van der Waals surface area contributed by atoms with Gasteiger partial charge in [-0.1, -0.05) is 120 Å². The number of hydrogen-bond acceptors (Lipinski definition) is 1. The van der Waals surface area contributed by atoms with Crippen molar-refractivity contribution in [3.05, 3.63) is 132 Å². The van der Waals surface area contributed by atoms with Gasteiger partial charge in [0.1, 0.15) is 0 Å². The van der Waals surface area contributed by atoms with Crippen LogP contribution in [-0.4, -0.2) is 0 Å². The molecule has 4 aromatic rings. The third kappa shape index (κ3) is 7.21. The van der Waals surface area contributed by atoms with Gasteiger partial charge < -0.3 is 4.90 Å². The van der Waals surface area contributed by atoms with E-state index in [0.717, 1.165) is 6.42 Å². The van der Waals surface area contributed by atoms with Gasteiger partial charge in [-0.05, 0) is 77.8 Å². The molecule has 1 heteroatoms. The van der Waals surface area contributed by atoms with E-state index >= 15 is 0 Å². The molecular formula is C35H41N. The number of aryl methyl sites for hydroxylation is 1. The summed E-state index contributed by atoms with van der Waals surface area (Å²) in [5, 5.41) is 0. The van der Waals surface area contributed by atoms with E-state index in [1.807, 2.05) is 36.4 Å². The van der Waals surface area contributed by atoms with Crippen LogP contribution < -0.4 is 4.90 Å². The van der Waals surface area contributed by atoms with Crippen molar-refractivity contribution >= 4 is 23.1 Å². The highest BCUT2D eigenvalue weighted by molar-refractivity contribution is 5.76. The number of anilines is 3. The molecule has 0 aliphatic rings. The first-order chi connectivity index (χ1) is 17.2. The molecule has 186 valence electrons. The summed E-state index contributed by atoms with van der Waals surface area (Å²) in [5.74, 6) is 0.591. The van der Waals surface area contributed by atoms with Crippen molar-refractivity contribution in [3.63, 3.8) is 0 Å². The van der Waals surface area contributed by atoms with Gasteiger partial charge in [-0.3, -0.25) is 0 Å². The molecule has 1 unspecified atom stereocenters. The van der Waals surface area contributed by atoms with Crippen molar-refractivity contribution < 1.29 is 0 Å². The van der Waals surface area contributed by atoms with Crippen LogP contribution in [0.4, 0.5) is 17.1 Å². The number of hydrogen-bond donors (Lipinski definition) is 0. The number of benzene rings is 4. The molecule has 0 aliphatic carbocycles. The van der Waals surface area contributed by atoms with Crippen LogP contribution >= 0.6 is 0 Å². The van der Waals surface area contributed by atoms with Crippen molar-refractivity contribution in [3.8, 4) is 0 Å². The summed E-state index contributed by atoms with van der Waals surface area (Å²) < 4.78 is 0. The van der Waals surface area contributed by atoms with Crippen LogP contribution in [-0.2, 0) is 5.41 Å². The zero-order valence-electron chi connectivity index (χ0n) is 22.8. The minimum Gasteiger partial charge on any atom is -0.311 e. The highest BCUT2D eigenvalue weighted by Gasteiger charge is 2.16. The summed E-state index contributed by atoms with van der Waals surface area (Å²) in [6.45, 7) is 17.1. The molecule has 0 fully saturated rings.